The standard InChI is InChI=1S/C23H22ClN3O3S/c1-3-6-21-25-18(13-31-21)15-9-10-20-19(11-15)27(22(28)12-30-20)14(2)23(29)26-17-8-5-4-7-16(17)24/h4-5,7-11,13-14H,3,6,12H2,1-2H3,(H,26,29). The van der Waals surface area contributed by atoms with Crippen LogP contribution in [0.2, 0.25) is 5.02 Å². The third kappa shape index (κ3) is 4.43. The van der Waals surface area contributed by atoms with E-state index in [1.807, 2.05) is 23.6 Å². The van der Waals surface area contributed by atoms with Gasteiger partial charge in [0.2, 0.25) is 5.91 Å². The molecule has 1 aliphatic rings. The molecule has 31 heavy (non-hydrogen) atoms. The van der Waals surface area contributed by atoms with E-state index in [0.29, 0.717) is 22.1 Å². The largest absolute Gasteiger partial charge is 0.482 e. The smallest absolute Gasteiger partial charge is 0.265 e. The predicted molar refractivity (Wildman–Crippen MR) is 124 cm³/mol. The molecule has 0 fully saturated rings. The maximum Gasteiger partial charge on any atom is 0.265 e. The highest BCUT2D eigenvalue weighted by atomic mass is 35.5. The molecule has 8 heteroatoms. The summed E-state index contributed by atoms with van der Waals surface area (Å²) in [7, 11) is 0. The first kappa shape index (κ1) is 21.3. The molecule has 2 aromatic carbocycles. The summed E-state index contributed by atoms with van der Waals surface area (Å²) >= 11 is 7.78. The van der Waals surface area contributed by atoms with Gasteiger partial charge in [-0.2, -0.15) is 0 Å². The molecule has 0 spiro atoms. The lowest BCUT2D eigenvalue weighted by Crippen LogP contribution is -2.49. The van der Waals surface area contributed by atoms with E-state index in [1.54, 1.807) is 42.5 Å². The number of benzene rings is 2. The normalized spacial score (nSPS) is 14.0. The molecule has 0 aliphatic carbocycles. The number of rotatable bonds is 6. The van der Waals surface area contributed by atoms with E-state index in [9.17, 15) is 9.59 Å². The molecule has 4 rings (SSSR count). The van der Waals surface area contributed by atoms with Crippen molar-refractivity contribution < 1.29 is 14.3 Å². The van der Waals surface area contributed by atoms with Crippen molar-refractivity contribution in [2.75, 3.05) is 16.8 Å². The Morgan fingerprint density at radius 1 is 1.32 bits per heavy atom. The predicted octanol–water partition coefficient (Wildman–Crippen LogP) is 5.17. The number of thiazole rings is 1. The summed E-state index contributed by atoms with van der Waals surface area (Å²) in [6.45, 7) is 3.69. The van der Waals surface area contributed by atoms with Gasteiger partial charge in [-0.3, -0.25) is 14.5 Å². The van der Waals surface area contributed by atoms with Crippen LogP contribution in [-0.2, 0) is 16.0 Å². The average Bonchev–Trinajstić information content (AvgIpc) is 3.23. The molecule has 1 atom stereocenters. The van der Waals surface area contributed by atoms with E-state index in [0.717, 1.165) is 29.1 Å². The molecule has 1 aliphatic heterocycles. The zero-order valence-electron chi connectivity index (χ0n) is 17.2. The number of halogens is 1. The molecular weight excluding hydrogens is 434 g/mol. The van der Waals surface area contributed by atoms with Crippen molar-refractivity contribution in [3.05, 3.63) is 57.9 Å². The van der Waals surface area contributed by atoms with Gasteiger partial charge in [-0.05, 0) is 50.1 Å². The molecule has 160 valence electrons. The molecule has 0 saturated heterocycles. The zero-order valence-corrected chi connectivity index (χ0v) is 18.8. The maximum absolute atomic E-state index is 12.9. The summed E-state index contributed by atoms with van der Waals surface area (Å²) in [4.78, 5) is 31.8. The number of hydrogen-bond acceptors (Lipinski definition) is 5. The van der Waals surface area contributed by atoms with Crippen molar-refractivity contribution in [3.8, 4) is 17.0 Å². The van der Waals surface area contributed by atoms with Gasteiger partial charge in [0.15, 0.2) is 6.61 Å². The minimum absolute atomic E-state index is 0.118. The Bertz CT molecular complexity index is 1130. The molecule has 1 unspecified atom stereocenters. The number of carbonyl (C=O) groups is 2. The zero-order chi connectivity index (χ0) is 22.0. The van der Waals surface area contributed by atoms with Crippen LogP contribution < -0.4 is 15.0 Å². The summed E-state index contributed by atoms with van der Waals surface area (Å²) in [5.74, 6) is -0.0558. The quantitative estimate of drug-likeness (QED) is 0.556. The summed E-state index contributed by atoms with van der Waals surface area (Å²) in [5, 5.41) is 6.33. The summed E-state index contributed by atoms with van der Waals surface area (Å²) in [6, 6.07) is 11.8. The second kappa shape index (κ2) is 9.08. The van der Waals surface area contributed by atoms with Crippen LogP contribution in [0.4, 0.5) is 11.4 Å². The monoisotopic (exact) mass is 455 g/mol. The molecule has 0 bridgehead atoms. The van der Waals surface area contributed by atoms with Gasteiger partial charge in [0.1, 0.15) is 11.8 Å². The Labute approximate surface area is 189 Å². The van der Waals surface area contributed by atoms with Crippen LogP contribution in [0.25, 0.3) is 11.3 Å². The van der Waals surface area contributed by atoms with Crippen molar-refractivity contribution in [2.24, 2.45) is 0 Å². The number of anilines is 2. The highest BCUT2D eigenvalue weighted by molar-refractivity contribution is 7.09. The van der Waals surface area contributed by atoms with E-state index in [-0.39, 0.29) is 18.4 Å². The van der Waals surface area contributed by atoms with Crippen LogP contribution in [-0.4, -0.2) is 29.4 Å². The van der Waals surface area contributed by atoms with Crippen molar-refractivity contribution >= 4 is 46.1 Å². The number of para-hydroxylation sites is 1. The number of ether oxygens (including phenoxy) is 1. The Hall–Kier alpha value is -2.90. The number of carbonyl (C=O) groups excluding carboxylic acids is 2. The summed E-state index contributed by atoms with van der Waals surface area (Å²) < 4.78 is 5.61. The van der Waals surface area contributed by atoms with E-state index < -0.39 is 6.04 Å². The van der Waals surface area contributed by atoms with Crippen molar-refractivity contribution in [1.29, 1.82) is 0 Å². The van der Waals surface area contributed by atoms with Crippen molar-refractivity contribution in [3.63, 3.8) is 0 Å². The summed E-state index contributed by atoms with van der Waals surface area (Å²) in [5.41, 5.74) is 2.78. The maximum atomic E-state index is 12.9. The molecule has 1 N–H and O–H groups in total. The molecule has 0 saturated carbocycles. The molecular formula is C23H22ClN3O3S. The Morgan fingerprint density at radius 2 is 2.13 bits per heavy atom. The lowest BCUT2D eigenvalue weighted by atomic mass is 10.1. The Morgan fingerprint density at radius 3 is 2.90 bits per heavy atom. The topological polar surface area (TPSA) is 71.5 Å². The fourth-order valence-electron chi connectivity index (χ4n) is 3.44. The third-order valence-electron chi connectivity index (χ3n) is 5.05. The number of aromatic nitrogens is 1. The van der Waals surface area contributed by atoms with Gasteiger partial charge < -0.3 is 10.1 Å². The van der Waals surface area contributed by atoms with Gasteiger partial charge in [0.25, 0.3) is 5.91 Å². The van der Waals surface area contributed by atoms with Gasteiger partial charge in [-0.1, -0.05) is 30.7 Å². The van der Waals surface area contributed by atoms with Crippen LogP contribution in [0.1, 0.15) is 25.3 Å². The van der Waals surface area contributed by atoms with Crippen LogP contribution in [0.5, 0.6) is 5.75 Å². The van der Waals surface area contributed by atoms with Crippen LogP contribution in [0.3, 0.4) is 0 Å². The lowest BCUT2D eigenvalue weighted by Gasteiger charge is -2.33. The van der Waals surface area contributed by atoms with Crippen molar-refractivity contribution in [1.82, 2.24) is 4.98 Å². The van der Waals surface area contributed by atoms with Crippen LogP contribution in [0, 0.1) is 0 Å². The van der Waals surface area contributed by atoms with Gasteiger partial charge >= 0.3 is 0 Å². The first-order valence-corrected chi connectivity index (χ1v) is 11.3. The molecule has 3 aromatic rings. The first-order valence-electron chi connectivity index (χ1n) is 10.1. The number of nitrogens with zero attached hydrogens (tertiary/aromatic N) is 2. The fraction of sp³-hybridized carbons (Fsp3) is 0.261. The van der Waals surface area contributed by atoms with E-state index >= 15 is 0 Å². The fourth-order valence-corrected chi connectivity index (χ4v) is 4.54. The third-order valence-corrected chi connectivity index (χ3v) is 6.29. The van der Waals surface area contributed by atoms with E-state index in [1.165, 1.54) is 4.90 Å². The Kier molecular flexibility index (Phi) is 6.25. The van der Waals surface area contributed by atoms with Gasteiger partial charge in [-0.15, -0.1) is 11.3 Å². The highest BCUT2D eigenvalue weighted by Gasteiger charge is 2.33. The number of fused-ring (bicyclic) bond motifs is 1. The second-order valence-electron chi connectivity index (χ2n) is 7.26. The minimum atomic E-state index is -0.757. The van der Waals surface area contributed by atoms with Crippen molar-refractivity contribution in [2.45, 2.75) is 32.7 Å². The number of amides is 2. The van der Waals surface area contributed by atoms with E-state index in [4.69, 9.17) is 16.3 Å². The van der Waals surface area contributed by atoms with Gasteiger partial charge in [-0.25, -0.2) is 4.98 Å². The molecule has 1 aromatic heterocycles. The minimum Gasteiger partial charge on any atom is -0.482 e. The van der Waals surface area contributed by atoms with E-state index in [2.05, 4.69) is 17.2 Å². The Balaban J connectivity index is 1.63. The number of nitrogens with one attached hydrogen (secondary N) is 1. The van der Waals surface area contributed by atoms with Gasteiger partial charge in [0, 0.05) is 10.9 Å². The molecule has 0 radical (unpaired) electrons. The second-order valence-corrected chi connectivity index (χ2v) is 8.61. The molecule has 2 heterocycles. The van der Waals surface area contributed by atoms with Crippen LogP contribution in [0.15, 0.2) is 47.8 Å². The van der Waals surface area contributed by atoms with Gasteiger partial charge in [0.05, 0.1) is 27.1 Å². The first-order chi connectivity index (χ1) is 15.0. The summed E-state index contributed by atoms with van der Waals surface area (Å²) in [6.07, 6.45) is 1.97. The molecule has 6 nitrogen and oxygen atoms in total. The SMILES string of the molecule is CCCc1nc(-c2ccc3c(c2)N(C(C)C(=O)Nc2ccccc2Cl)C(=O)CO3)cs1. The van der Waals surface area contributed by atoms with Crippen LogP contribution >= 0.6 is 22.9 Å². The highest BCUT2D eigenvalue weighted by Crippen LogP contribution is 2.37. The molecule has 2 amide bonds. The average molecular weight is 456 g/mol. The number of aryl methyl sites for hydroxylation is 1. The number of hydrogen-bond donors (Lipinski definition) is 1. The lowest BCUT2D eigenvalue weighted by molar-refractivity contribution is -0.125.